The Morgan fingerprint density at radius 3 is 2.14 bits per heavy atom. The summed E-state index contributed by atoms with van der Waals surface area (Å²) in [6, 6.07) is 12.9. The van der Waals surface area contributed by atoms with Gasteiger partial charge in [-0.2, -0.15) is 8.78 Å². The number of rotatable bonds is 10. The molecule has 0 bridgehead atoms. The third kappa shape index (κ3) is 7.23. The summed E-state index contributed by atoms with van der Waals surface area (Å²) < 4.78 is 90.2. The number of alkyl halides is 2. The minimum atomic E-state index is -4.19. The molecule has 3 aromatic carbocycles. The van der Waals surface area contributed by atoms with Gasteiger partial charge in [0.05, 0.1) is 11.3 Å². The fourth-order valence-electron chi connectivity index (χ4n) is 5.86. The molecule has 1 fully saturated rings. The zero-order chi connectivity index (χ0) is 30.6. The van der Waals surface area contributed by atoms with Crippen LogP contribution in [0.2, 0.25) is 0 Å². The first kappa shape index (κ1) is 30.6. The zero-order valence-electron chi connectivity index (χ0n) is 23.9. The minimum Gasteiger partial charge on any atom is -0.429 e. The summed E-state index contributed by atoms with van der Waals surface area (Å²) in [4.78, 5) is 4.58. The Balaban J connectivity index is 1.26. The average Bonchev–Trinajstić information content (AvgIpc) is 2.99. The molecular weight excluding hydrogens is 564 g/mol. The van der Waals surface area contributed by atoms with Crippen LogP contribution in [0.5, 0.6) is 5.75 Å². The van der Waals surface area contributed by atoms with Gasteiger partial charge >= 0.3 is 6.11 Å². The fraction of sp³-hybridized carbons (Fsp3) is 0.343. The molecule has 1 aromatic heterocycles. The summed E-state index contributed by atoms with van der Waals surface area (Å²) in [5.74, 6) is -4.01. The summed E-state index contributed by atoms with van der Waals surface area (Å²) in [6.45, 7) is 2.23. The fourth-order valence-corrected chi connectivity index (χ4v) is 5.86. The number of unbranched alkanes of at least 4 members (excludes halogenated alkanes) is 2. The Morgan fingerprint density at radius 1 is 0.744 bits per heavy atom. The van der Waals surface area contributed by atoms with Crippen LogP contribution in [-0.2, 0) is 6.11 Å². The molecule has 0 amide bonds. The van der Waals surface area contributed by atoms with Crippen molar-refractivity contribution in [3.05, 3.63) is 107 Å². The van der Waals surface area contributed by atoms with Gasteiger partial charge in [0.2, 0.25) is 0 Å². The van der Waals surface area contributed by atoms with Crippen LogP contribution in [0.15, 0.2) is 72.9 Å². The lowest BCUT2D eigenvalue weighted by Crippen LogP contribution is -2.23. The molecule has 0 unspecified atom stereocenters. The molecule has 0 atom stereocenters. The molecule has 2 nitrogen and oxygen atoms in total. The Morgan fingerprint density at radius 2 is 1.49 bits per heavy atom. The van der Waals surface area contributed by atoms with Gasteiger partial charge in [-0.25, -0.2) is 17.6 Å². The lowest BCUT2D eigenvalue weighted by atomic mass is 9.77. The third-order valence-corrected chi connectivity index (χ3v) is 8.32. The summed E-state index contributed by atoms with van der Waals surface area (Å²) >= 11 is 0. The predicted octanol–water partition coefficient (Wildman–Crippen LogP) is 11.0. The topological polar surface area (TPSA) is 22.1 Å². The normalized spacial score (nSPS) is 17.2. The molecule has 0 aliphatic heterocycles. The first-order valence-electron chi connectivity index (χ1n) is 14.7. The van der Waals surface area contributed by atoms with Crippen LogP contribution in [0.1, 0.15) is 75.3 Å². The molecule has 1 aliphatic carbocycles. The lowest BCUT2D eigenvalue weighted by molar-refractivity contribution is -0.187. The van der Waals surface area contributed by atoms with Gasteiger partial charge in [0.15, 0.2) is 11.6 Å². The van der Waals surface area contributed by atoms with Crippen molar-refractivity contribution in [3.63, 3.8) is 0 Å². The van der Waals surface area contributed by atoms with Crippen LogP contribution >= 0.6 is 0 Å². The average molecular weight is 598 g/mol. The standard InChI is InChI=1S/C35H33F6NO/c1-2-3-4-5-22-6-8-23(9-7-22)26-12-17-34(42-21-26)25-10-14-28(31(37)19-25)24-11-15-29(32(38)18-24)35(40,41)43-27-13-16-30(36)33(39)20-27/h10-23H,2-9H2,1H3. The highest BCUT2D eigenvalue weighted by molar-refractivity contribution is 5.70. The highest BCUT2D eigenvalue weighted by Crippen LogP contribution is 2.39. The van der Waals surface area contributed by atoms with E-state index in [0.717, 1.165) is 43.0 Å². The first-order valence-corrected chi connectivity index (χ1v) is 14.7. The van der Waals surface area contributed by atoms with Gasteiger partial charge in [0.1, 0.15) is 17.4 Å². The molecule has 8 heteroatoms. The van der Waals surface area contributed by atoms with Crippen molar-refractivity contribution in [3.8, 4) is 28.1 Å². The number of benzene rings is 3. The van der Waals surface area contributed by atoms with E-state index in [1.54, 1.807) is 6.07 Å². The monoisotopic (exact) mass is 597 g/mol. The van der Waals surface area contributed by atoms with Gasteiger partial charge < -0.3 is 4.74 Å². The number of nitrogens with zero attached hydrogens (tertiary/aromatic N) is 1. The Labute approximate surface area is 247 Å². The van der Waals surface area contributed by atoms with E-state index in [9.17, 15) is 22.0 Å². The smallest absolute Gasteiger partial charge is 0.429 e. The van der Waals surface area contributed by atoms with Gasteiger partial charge in [0, 0.05) is 23.4 Å². The van der Waals surface area contributed by atoms with E-state index in [2.05, 4.69) is 16.6 Å². The molecular formula is C35H33F6NO. The van der Waals surface area contributed by atoms with Crippen molar-refractivity contribution in [1.29, 1.82) is 0 Å². The Kier molecular flexibility index (Phi) is 9.43. The van der Waals surface area contributed by atoms with Crippen LogP contribution < -0.4 is 4.74 Å². The maximum Gasteiger partial charge on any atom is 0.429 e. The van der Waals surface area contributed by atoms with Crippen LogP contribution in [0.3, 0.4) is 0 Å². The number of halogens is 6. The highest BCUT2D eigenvalue weighted by atomic mass is 19.3. The quantitative estimate of drug-likeness (QED) is 0.134. The molecule has 0 saturated heterocycles. The number of aromatic nitrogens is 1. The van der Waals surface area contributed by atoms with Crippen molar-refractivity contribution in [2.24, 2.45) is 5.92 Å². The van der Waals surface area contributed by atoms with Gasteiger partial charge in [-0.05, 0) is 85.0 Å². The van der Waals surface area contributed by atoms with E-state index in [4.69, 9.17) is 0 Å². The molecule has 0 spiro atoms. The number of hydrogen-bond acceptors (Lipinski definition) is 2. The van der Waals surface area contributed by atoms with Crippen LogP contribution in [0.25, 0.3) is 22.4 Å². The number of pyridine rings is 1. The Bertz CT molecular complexity index is 1550. The van der Waals surface area contributed by atoms with E-state index in [1.807, 2.05) is 18.3 Å². The van der Waals surface area contributed by atoms with Crippen molar-refractivity contribution in [1.82, 2.24) is 4.98 Å². The second kappa shape index (κ2) is 13.2. The number of ether oxygens (including phenoxy) is 1. The summed E-state index contributed by atoms with van der Waals surface area (Å²) in [6.07, 6.45) is 7.62. The van der Waals surface area contributed by atoms with E-state index >= 15 is 4.39 Å². The van der Waals surface area contributed by atoms with Gasteiger partial charge in [-0.15, -0.1) is 0 Å². The van der Waals surface area contributed by atoms with Gasteiger partial charge in [-0.3, -0.25) is 4.98 Å². The second-order valence-corrected chi connectivity index (χ2v) is 11.3. The van der Waals surface area contributed by atoms with E-state index < -0.39 is 40.7 Å². The molecule has 5 rings (SSSR count). The summed E-state index contributed by atoms with van der Waals surface area (Å²) in [5.41, 5.74) is 1.25. The maximum absolute atomic E-state index is 15.2. The van der Waals surface area contributed by atoms with Crippen LogP contribution in [-0.4, -0.2) is 4.98 Å². The van der Waals surface area contributed by atoms with E-state index in [1.165, 1.54) is 56.2 Å². The first-order chi connectivity index (χ1) is 20.6. The minimum absolute atomic E-state index is 0.0198. The second-order valence-electron chi connectivity index (χ2n) is 11.3. The third-order valence-electron chi connectivity index (χ3n) is 8.32. The van der Waals surface area contributed by atoms with Crippen LogP contribution in [0, 0.1) is 29.2 Å². The predicted molar refractivity (Wildman–Crippen MR) is 155 cm³/mol. The molecule has 1 aliphatic rings. The molecule has 0 radical (unpaired) electrons. The molecule has 1 heterocycles. The SMILES string of the molecule is CCCCCC1CCC(c2ccc(-c3ccc(-c4ccc(C(F)(F)Oc5ccc(F)c(F)c5)c(F)c4)c(F)c3)nc2)CC1. The Hall–Kier alpha value is -3.81. The van der Waals surface area contributed by atoms with Crippen LogP contribution in [0.4, 0.5) is 26.3 Å². The maximum atomic E-state index is 15.2. The molecule has 1 saturated carbocycles. The van der Waals surface area contributed by atoms with Crippen molar-refractivity contribution in [2.45, 2.75) is 70.3 Å². The lowest BCUT2D eigenvalue weighted by Gasteiger charge is -2.28. The number of hydrogen-bond donors (Lipinski definition) is 0. The summed E-state index contributed by atoms with van der Waals surface area (Å²) in [5, 5.41) is 0. The molecule has 226 valence electrons. The van der Waals surface area contributed by atoms with Crippen molar-refractivity contribution < 1.29 is 31.1 Å². The zero-order valence-corrected chi connectivity index (χ0v) is 23.9. The largest absolute Gasteiger partial charge is 0.429 e. The molecule has 4 aromatic rings. The molecule has 43 heavy (non-hydrogen) atoms. The summed E-state index contributed by atoms with van der Waals surface area (Å²) in [7, 11) is 0. The molecule has 0 N–H and O–H groups in total. The highest BCUT2D eigenvalue weighted by Gasteiger charge is 2.38. The van der Waals surface area contributed by atoms with E-state index in [-0.39, 0.29) is 11.1 Å². The van der Waals surface area contributed by atoms with Gasteiger partial charge in [-0.1, -0.05) is 56.9 Å². The van der Waals surface area contributed by atoms with Crippen molar-refractivity contribution in [2.75, 3.05) is 0 Å². The van der Waals surface area contributed by atoms with E-state index in [0.29, 0.717) is 29.3 Å². The van der Waals surface area contributed by atoms with Crippen molar-refractivity contribution >= 4 is 0 Å². The van der Waals surface area contributed by atoms with Gasteiger partial charge in [0.25, 0.3) is 0 Å².